The van der Waals surface area contributed by atoms with Crippen LogP contribution in [0.3, 0.4) is 0 Å². The van der Waals surface area contributed by atoms with Gasteiger partial charge in [0.25, 0.3) is 0 Å². The number of hydrogen-bond donors (Lipinski definition) is 1. The lowest BCUT2D eigenvalue weighted by molar-refractivity contribution is -0.917. The van der Waals surface area contributed by atoms with Crippen molar-refractivity contribution in [3.63, 3.8) is 0 Å². The fraction of sp³-hybridized carbons (Fsp3) is 0.286. The predicted octanol–water partition coefficient (Wildman–Crippen LogP) is 1.36. The summed E-state index contributed by atoms with van der Waals surface area (Å²) in [5, 5.41) is 0. The lowest BCUT2D eigenvalue weighted by atomic mass is 10.1. The van der Waals surface area contributed by atoms with E-state index in [-0.39, 0.29) is 5.91 Å². The number of piperazine rings is 1. The van der Waals surface area contributed by atoms with Crippen molar-refractivity contribution >= 4 is 12.0 Å². The summed E-state index contributed by atoms with van der Waals surface area (Å²) in [5.74, 6) is 1.75. The lowest BCUT2D eigenvalue weighted by Gasteiger charge is -2.31. The summed E-state index contributed by atoms with van der Waals surface area (Å²) in [5.41, 5.74) is 2.29. The van der Waals surface area contributed by atoms with Crippen LogP contribution in [0.25, 0.3) is 6.08 Å². The van der Waals surface area contributed by atoms with Gasteiger partial charge in [-0.3, -0.25) is 4.79 Å². The van der Waals surface area contributed by atoms with Crippen LogP contribution in [0.15, 0.2) is 54.6 Å². The lowest BCUT2D eigenvalue weighted by Crippen LogP contribution is -3.13. The number of quaternary nitrogens is 1. The molecule has 2 aromatic rings. The van der Waals surface area contributed by atoms with Gasteiger partial charge in [0.1, 0.15) is 6.54 Å². The molecule has 134 valence electrons. The van der Waals surface area contributed by atoms with E-state index in [0.717, 1.165) is 49.8 Å². The molecular weight excluding hydrogens is 328 g/mol. The molecule has 2 aliphatic heterocycles. The molecule has 2 aliphatic rings. The van der Waals surface area contributed by atoms with E-state index in [9.17, 15) is 4.79 Å². The van der Waals surface area contributed by atoms with Gasteiger partial charge in [-0.05, 0) is 29.8 Å². The molecule has 26 heavy (non-hydrogen) atoms. The highest BCUT2D eigenvalue weighted by Crippen LogP contribution is 2.32. The monoisotopic (exact) mass is 351 g/mol. The smallest absolute Gasteiger partial charge is 0.246 e. The largest absolute Gasteiger partial charge is 0.454 e. The van der Waals surface area contributed by atoms with E-state index in [1.807, 2.05) is 47.4 Å². The molecule has 0 aliphatic carbocycles. The number of nitrogens with zero attached hydrogens (tertiary/aromatic N) is 1. The minimum atomic E-state index is 0.0935. The Bertz CT molecular complexity index is 796. The number of fused-ring (bicyclic) bond motifs is 1. The summed E-state index contributed by atoms with van der Waals surface area (Å²) in [7, 11) is 0. The van der Waals surface area contributed by atoms with Crippen LogP contribution in [0.4, 0.5) is 0 Å². The molecule has 2 aromatic carbocycles. The number of rotatable bonds is 4. The van der Waals surface area contributed by atoms with Crippen LogP contribution in [0.1, 0.15) is 11.1 Å². The van der Waals surface area contributed by atoms with Gasteiger partial charge in [0.05, 0.1) is 26.2 Å². The first-order chi connectivity index (χ1) is 12.8. The number of amides is 1. The second-order valence-corrected chi connectivity index (χ2v) is 6.68. The Morgan fingerprint density at radius 3 is 2.62 bits per heavy atom. The molecule has 1 saturated heterocycles. The minimum Gasteiger partial charge on any atom is -0.454 e. The molecule has 1 N–H and O–H groups in total. The zero-order chi connectivity index (χ0) is 17.8. The van der Waals surface area contributed by atoms with Crippen LogP contribution in [0, 0.1) is 0 Å². The predicted molar refractivity (Wildman–Crippen MR) is 99.0 cm³/mol. The van der Waals surface area contributed by atoms with E-state index in [1.165, 1.54) is 10.5 Å². The number of nitrogens with one attached hydrogen (secondary N) is 1. The molecule has 0 bridgehead atoms. The van der Waals surface area contributed by atoms with Gasteiger partial charge in [0.15, 0.2) is 11.5 Å². The normalized spacial score (nSPS) is 17.0. The van der Waals surface area contributed by atoms with Crippen LogP contribution in [-0.2, 0) is 11.3 Å². The Morgan fingerprint density at radius 1 is 1.04 bits per heavy atom. The first kappa shape index (κ1) is 16.7. The summed E-state index contributed by atoms with van der Waals surface area (Å²) in [6, 6.07) is 16.1. The summed E-state index contributed by atoms with van der Waals surface area (Å²) in [4.78, 5) is 15.8. The quantitative estimate of drug-likeness (QED) is 0.846. The number of carbonyl (C=O) groups excluding carboxylic acids is 1. The molecule has 5 heteroatoms. The topological polar surface area (TPSA) is 43.2 Å². The maximum absolute atomic E-state index is 12.4. The molecule has 0 spiro atoms. The maximum Gasteiger partial charge on any atom is 0.246 e. The average molecular weight is 351 g/mol. The van der Waals surface area contributed by atoms with Crippen LogP contribution in [0.2, 0.25) is 0 Å². The van der Waals surface area contributed by atoms with Crippen molar-refractivity contribution in [2.45, 2.75) is 6.54 Å². The van der Waals surface area contributed by atoms with E-state index in [1.54, 1.807) is 6.08 Å². The molecule has 0 radical (unpaired) electrons. The van der Waals surface area contributed by atoms with Crippen LogP contribution in [-0.4, -0.2) is 43.8 Å². The second kappa shape index (κ2) is 7.62. The van der Waals surface area contributed by atoms with E-state index in [0.29, 0.717) is 6.79 Å². The van der Waals surface area contributed by atoms with Gasteiger partial charge in [0.2, 0.25) is 12.7 Å². The minimum absolute atomic E-state index is 0.0935. The third kappa shape index (κ3) is 3.89. The molecule has 5 nitrogen and oxygen atoms in total. The van der Waals surface area contributed by atoms with Gasteiger partial charge in [-0.15, -0.1) is 0 Å². The molecule has 2 heterocycles. The van der Waals surface area contributed by atoms with E-state index in [4.69, 9.17) is 9.47 Å². The van der Waals surface area contributed by atoms with Crippen molar-refractivity contribution in [2.24, 2.45) is 0 Å². The van der Waals surface area contributed by atoms with E-state index >= 15 is 0 Å². The third-order valence-electron chi connectivity index (χ3n) is 4.89. The van der Waals surface area contributed by atoms with Crippen LogP contribution < -0.4 is 14.4 Å². The molecule has 1 amide bonds. The highest BCUT2D eigenvalue weighted by Gasteiger charge is 2.23. The van der Waals surface area contributed by atoms with Gasteiger partial charge in [-0.25, -0.2) is 0 Å². The van der Waals surface area contributed by atoms with Crippen molar-refractivity contribution in [3.8, 4) is 11.5 Å². The number of carbonyl (C=O) groups is 1. The summed E-state index contributed by atoms with van der Waals surface area (Å²) < 4.78 is 10.8. The Kier molecular flexibility index (Phi) is 4.88. The molecule has 4 rings (SSSR count). The van der Waals surface area contributed by atoms with Crippen molar-refractivity contribution in [1.82, 2.24) is 4.90 Å². The summed E-state index contributed by atoms with van der Waals surface area (Å²) in [6.45, 7) is 4.75. The molecule has 1 fully saturated rings. The third-order valence-corrected chi connectivity index (χ3v) is 4.89. The Hall–Kier alpha value is -2.79. The van der Waals surface area contributed by atoms with Gasteiger partial charge < -0.3 is 19.3 Å². The first-order valence-electron chi connectivity index (χ1n) is 9.02. The summed E-state index contributed by atoms with van der Waals surface area (Å²) >= 11 is 0. The zero-order valence-corrected chi connectivity index (χ0v) is 14.7. The highest BCUT2D eigenvalue weighted by molar-refractivity contribution is 5.91. The van der Waals surface area contributed by atoms with Crippen molar-refractivity contribution < 1.29 is 19.2 Å². The van der Waals surface area contributed by atoms with Crippen molar-refractivity contribution in [3.05, 3.63) is 65.7 Å². The molecule has 0 saturated carbocycles. The molecule has 0 aromatic heterocycles. The van der Waals surface area contributed by atoms with Crippen molar-refractivity contribution in [1.29, 1.82) is 0 Å². The number of ether oxygens (including phenoxy) is 2. The Balaban J connectivity index is 1.28. The Morgan fingerprint density at radius 2 is 1.81 bits per heavy atom. The molecule has 0 atom stereocenters. The van der Waals surface area contributed by atoms with Crippen molar-refractivity contribution in [2.75, 3.05) is 33.0 Å². The SMILES string of the molecule is O=C(/C=C/c1ccccc1)N1CC[NH+](Cc2ccc3c(c2)OCO3)CC1. The highest BCUT2D eigenvalue weighted by atomic mass is 16.7. The van der Waals surface area contributed by atoms with Crippen LogP contribution >= 0.6 is 0 Å². The fourth-order valence-electron chi connectivity index (χ4n) is 3.40. The van der Waals surface area contributed by atoms with Gasteiger partial charge in [-0.1, -0.05) is 30.3 Å². The summed E-state index contributed by atoms with van der Waals surface area (Å²) in [6.07, 6.45) is 3.56. The van der Waals surface area contributed by atoms with Gasteiger partial charge in [-0.2, -0.15) is 0 Å². The zero-order valence-electron chi connectivity index (χ0n) is 14.7. The Labute approximate surface area is 153 Å². The maximum atomic E-state index is 12.4. The van der Waals surface area contributed by atoms with E-state index in [2.05, 4.69) is 12.1 Å². The molecular formula is C21H23N2O3+. The molecule has 0 unspecified atom stereocenters. The standard InChI is InChI=1S/C21H22N2O3/c24-21(9-7-17-4-2-1-3-5-17)23-12-10-22(11-13-23)15-18-6-8-19-20(14-18)26-16-25-19/h1-9,14H,10-13,15-16H2/p+1/b9-7+. The van der Waals surface area contributed by atoms with Gasteiger partial charge in [0, 0.05) is 11.6 Å². The fourth-order valence-corrected chi connectivity index (χ4v) is 3.40. The first-order valence-corrected chi connectivity index (χ1v) is 9.02. The average Bonchev–Trinajstić information content (AvgIpc) is 3.15. The number of benzene rings is 2. The second-order valence-electron chi connectivity index (χ2n) is 6.68. The van der Waals surface area contributed by atoms with Crippen LogP contribution in [0.5, 0.6) is 11.5 Å². The van der Waals surface area contributed by atoms with E-state index < -0.39 is 0 Å². The van der Waals surface area contributed by atoms with Gasteiger partial charge >= 0.3 is 0 Å². The number of hydrogen-bond acceptors (Lipinski definition) is 3.